The Morgan fingerprint density at radius 2 is 1.67 bits per heavy atom. The molecule has 1 aromatic carbocycles. The van der Waals surface area contributed by atoms with Crippen molar-refractivity contribution in [3.63, 3.8) is 0 Å². The molecule has 6 heteroatoms. The first-order valence-corrected chi connectivity index (χ1v) is 8.30. The van der Waals surface area contributed by atoms with Gasteiger partial charge in [-0.15, -0.1) is 0 Å². The first kappa shape index (κ1) is 13.9. The fourth-order valence-electron chi connectivity index (χ4n) is 5.15. The van der Waals surface area contributed by atoms with E-state index in [1.807, 2.05) is 0 Å². The second-order valence-electron chi connectivity index (χ2n) is 7.39. The molecule has 6 atom stereocenters. The number of amides is 2. The Balaban J connectivity index is 1.57. The highest BCUT2D eigenvalue weighted by molar-refractivity contribution is 6.22. The van der Waals surface area contributed by atoms with Crippen molar-refractivity contribution in [3.8, 4) is 0 Å². The van der Waals surface area contributed by atoms with Crippen LogP contribution < -0.4 is 4.90 Å². The second kappa shape index (κ2) is 4.32. The van der Waals surface area contributed by atoms with Gasteiger partial charge in [0, 0.05) is 11.6 Å². The van der Waals surface area contributed by atoms with Crippen LogP contribution in [0.3, 0.4) is 0 Å². The minimum absolute atomic E-state index is 0.0630. The molecular formula is C18H16N2O4. The molecule has 0 radical (unpaired) electrons. The van der Waals surface area contributed by atoms with Crippen molar-refractivity contribution in [3.05, 3.63) is 46.0 Å². The molecular weight excluding hydrogens is 308 g/mol. The Labute approximate surface area is 138 Å². The van der Waals surface area contributed by atoms with Crippen LogP contribution in [0.5, 0.6) is 0 Å². The summed E-state index contributed by atoms with van der Waals surface area (Å²) in [5, 5.41) is 11.2. The molecule has 0 unspecified atom stereocenters. The molecule has 2 bridgehead atoms. The summed E-state index contributed by atoms with van der Waals surface area (Å²) in [6.07, 6.45) is 5.35. The molecule has 5 aliphatic rings. The van der Waals surface area contributed by atoms with Gasteiger partial charge in [0.2, 0.25) is 11.8 Å². The van der Waals surface area contributed by atoms with Gasteiger partial charge in [0.15, 0.2) is 0 Å². The molecule has 2 saturated carbocycles. The van der Waals surface area contributed by atoms with E-state index in [1.54, 1.807) is 19.1 Å². The summed E-state index contributed by atoms with van der Waals surface area (Å²) in [4.78, 5) is 37.8. The normalized spacial score (nSPS) is 38.3. The number of rotatable bonds is 2. The zero-order valence-corrected chi connectivity index (χ0v) is 13.1. The lowest BCUT2D eigenvalue weighted by atomic mass is 9.63. The summed E-state index contributed by atoms with van der Waals surface area (Å²) < 4.78 is 0. The summed E-state index contributed by atoms with van der Waals surface area (Å²) in [5.74, 6) is 0.475. The fraction of sp³-hybridized carbons (Fsp3) is 0.444. The number of nitro groups is 1. The molecule has 1 saturated heterocycles. The Bertz CT molecular complexity index is 809. The van der Waals surface area contributed by atoms with Gasteiger partial charge in [0.25, 0.3) is 5.69 Å². The number of carbonyl (C=O) groups is 2. The van der Waals surface area contributed by atoms with Crippen LogP contribution >= 0.6 is 0 Å². The average molecular weight is 324 g/mol. The van der Waals surface area contributed by atoms with Crippen LogP contribution in [0.15, 0.2) is 30.4 Å². The first-order chi connectivity index (χ1) is 11.5. The molecule has 1 aromatic rings. The highest BCUT2D eigenvalue weighted by Gasteiger charge is 2.67. The van der Waals surface area contributed by atoms with Gasteiger partial charge in [-0.3, -0.25) is 19.7 Å². The number of benzene rings is 1. The molecule has 1 heterocycles. The van der Waals surface area contributed by atoms with E-state index in [9.17, 15) is 19.7 Å². The highest BCUT2D eigenvalue weighted by Crippen LogP contribution is 2.65. The molecule has 3 fully saturated rings. The van der Waals surface area contributed by atoms with E-state index in [4.69, 9.17) is 0 Å². The van der Waals surface area contributed by atoms with Gasteiger partial charge in [-0.1, -0.05) is 18.2 Å². The van der Waals surface area contributed by atoms with Crippen molar-refractivity contribution < 1.29 is 14.5 Å². The summed E-state index contributed by atoms with van der Waals surface area (Å²) in [6, 6.07) is 4.57. The van der Waals surface area contributed by atoms with E-state index in [0.29, 0.717) is 23.1 Å². The van der Waals surface area contributed by atoms with E-state index in [2.05, 4.69) is 12.2 Å². The minimum Gasteiger partial charge on any atom is -0.274 e. The number of aryl methyl sites for hydroxylation is 1. The summed E-state index contributed by atoms with van der Waals surface area (Å²) in [5.41, 5.74) is 0.778. The number of imide groups is 1. The summed E-state index contributed by atoms with van der Waals surface area (Å²) >= 11 is 0. The van der Waals surface area contributed by atoms with E-state index in [-0.39, 0.29) is 41.2 Å². The van der Waals surface area contributed by atoms with Crippen LogP contribution in [-0.4, -0.2) is 16.7 Å². The van der Waals surface area contributed by atoms with Crippen LogP contribution in [0, 0.1) is 52.5 Å². The van der Waals surface area contributed by atoms with E-state index in [1.165, 1.54) is 11.0 Å². The molecule has 2 amide bonds. The predicted octanol–water partition coefficient (Wildman–Crippen LogP) is 2.46. The van der Waals surface area contributed by atoms with Gasteiger partial charge in [0.05, 0.1) is 22.4 Å². The number of hydrogen-bond acceptors (Lipinski definition) is 4. The number of nitro benzene ring substituents is 1. The predicted molar refractivity (Wildman–Crippen MR) is 85.0 cm³/mol. The zero-order chi connectivity index (χ0) is 16.7. The molecule has 1 aliphatic heterocycles. The third-order valence-electron chi connectivity index (χ3n) is 6.31. The van der Waals surface area contributed by atoms with Crippen molar-refractivity contribution >= 4 is 23.2 Å². The molecule has 24 heavy (non-hydrogen) atoms. The van der Waals surface area contributed by atoms with Crippen molar-refractivity contribution in [1.82, 2.24) is 0 Å². The Hall–Kier alpha value is -2.50. The largest absolute Gasteiger partial charge is 0.274 e. The van der Waals surface area contributed by atoms with E-state index >= 15 is 0 Å². The molecule has 0 N–H and O–H groups in total. The minimum atomic E-state index is -0.475. The lowest BCUT2D eigenvalue weighted by Crippen LogP contribution is -2.40. The quantitative estimate of drug-likeness (QED) is 0.362. The van der Waals surface area contributed by atoms with Gasteiger partial charge in [-0.25, -0.2) is 4.90 Å². The monoisotopic (exact) mass is 324 g/mol. The van der Waals surface area contributed by atoms with Crippen molar-refractivity contribution in [2.75, 3.05) is 4.90 Å². The van der Waals surface area contributed by atoms with Crippen molar-refractivity contribution in [1.29, 1.82) is 0 Å². The fourth-order valence-corrected chi connectivity index (χ4v) is 5.15. The van der Waals surface area contributed by atoms with Gasteiger partial charge >= 0.3 is 0 Å². The number of anilines is 1. The number of allylic oxidation sites excluding steroid dienone is 2. The van der Waals surface area contributed by atoms with Crippen molar-refractivity contribution in [2.45, 2.75) is 13.3 Å². The molecule has 4 aliphatic carbocycles. The molecule has 0 aromatic heterocycles. The smallest absolute Gasteiger partial charge is 0.274 e. The van der Waals surface area contributed by atoms with E-state index in [0.717, 1.165) is 6.42 Å². The van der Waals surface area contributed by atoms with Crippen LogP contribution in [-0.2, 0) is 9.59 Å². The first-order valence-electron chi connectivity index (χ1n) is 8.30. The third kappa shape index (κ3) is 1.56. The number of nitrogens with zero attached hydrogens (tertiary/aromatic N) is 2. The van der Waals surface area contributed by atoms with Gasteiger partial charge < -0.3 is 0 Å². The van der Waals surface area contributed by atoms with Crippen LogP contribution in [0.2, 0.25) is 0 Å². The van der Waals surface area contributed by atoms with Crippen LogP contribution in [0.1, 0.15) is 12.0 Å². The van der Waals surface area contributed by atoms with Crippen molar-refractivity contribution in [2.24, 2.45) is 35.5 Å². The van der Waals surface area contributed by atoms with E-state index < -0.39 is 4.92 Å². The topological polar surface area (TPSA) is 80.5 Å². The summed E-state index contributed by atoms with van der Waals surface area (Å²) in [7, 11) is 0. The molecule has 6 rings (SSSR count). The Kier molecular flexibility index (Phi) is 2.50. The maximum absolute atomic E-state index is 13.0. The maximum Gasteiger partial charge on any atom is 0.274 e. The van der Waals surface area contributed by atoms with Gasteiger partial charge in [-0.05, 0) is 43.1 Å². The third-order valence-corrected chi connectivity index (χ3v) is 6.31. The number of hydrogen-bond donors (Lipinski definition) is 0. The van der Waals surface area contributed by atoms with Gasteiger partial charge in [-0.2, -0.15) is 0 Å². The lowest BCUT2D eigenvalue weighted by Gasteiger charge is -2.37. The Morgan fingerprint density at radius 3 is 2.21 bits per heavy atom. The lowest BCUT2D eigenvalue weighted by molar-refractivity contribution is -0.385. The SMILES string of the molecule is Cc1ccc(N2C(=O)[C@@H]3[C@H]4C=C[C@H]([C@H]5C[C@H]45)[C@@H]3C2=O)cc1[N+](=O)[O-]. The maximum atomic E-state index is 13.0. The average Bonchev–Trinajstić information content (AvgIpc) is 3.33. The van der Waals surface area contributed by atoms with Crippen LogP contribution in [0.4, 0.5) is 11.4 Å². The molecule has 0 spiro atoms. The number of carbonyl (C=O) groups excluding carboxylic acids is 2. The standard InChI is InChI=1S/C18H16N2O4/c1-8-2-3-9(6-14(8)20(23)24)19-17(21)15-10-4-5-11(13-7-12(10)13)16(15)18(19)22/h2-6,10-13,15-16H,7H2,1H3/t10-,11+,12-,13-,15+,16-/m1/s1. The summed E-state index contributed by atoms with van der Waals surface area (Å²) in [6.45, 7) is 1.65. The van der Waals surface area contributed by atoms with Gasteiger partial charge in [0.1, 0.15) is 0 Å². The second-order valence-corrected chi connectivity index (χ2v) is 7.39. The highest BCUT2D eigenvalue weighted by atomic mass is 16.6. The zero-order valence-electron chi connectivity index (χ0n) is 13.1. The van der Waals surface area contributed by atoms with Crippen LogP contribution in [0.25, 0.3) is 0 Å². The Morgan fingerprint density at radius 1 is 1.08 bits per heavy atom. The molecule has 122 valence electrons. The molecule has 6 nitrogen and oxygen atoms in total.